The molecule has 9 heteroatoms. The van der Waals surface area contributed by atoms with Crippen molar-refractivity contribution in [1.29, 1.82) is 0 Å². The maximum atomic E-state index is 12.2. The molecular formula is C16H13ClN4O4. The summed E-state index contributed by atoms with van der Waals surface area (Å²) >= 11 is 5.88. The first-order chi connectivity index (χ1) is 12.0. The Morgan fingerprint density at radius 2 is 2.12 bits per heavy atom. The van der Waals surface area contributed by atoms with E-state index in [1.54, 1.807) is 12.1 Å². The van der Waals surface area contributed by atoms with Gasteiger partial charge in [0.05, 0.1) is 35.0 Å². The summed E-state index contributed by atoms with van der Waals surface area (Å²) in [7, 11) is 1.47. The van der Waals surface area contributed by atoms with Gasteiger partial charge in [-0.25, -0.2) is 4.98 Å². The highest BCUT2D eigenvalue weighted by atomic mass is 35.5. The molecule has 3 rings (SSSR count). The van der Waals surface area contributed by atoms with Crippen molar-refractivity contribution in [2.45, 2.75) is 6.54 Å². The number of methoxy groups -OCH3 is 1. The summed E-state index contributed by atoms with van der Waals surface area (Å²) in [6.45, 7) is 0.200. The summed E-state index contributed by atoms with van der Waals surface area (Å²) in [4.78, 5) is 26.9. The Balaban J connectivity index is 1.90. The fraction of sp³-hybridized carbons (Fsp3) is 0.125. The molecule has 0 radical (unpaired) electrons. The molecule has 0 atom stereocenters. The second-order valence-corrected chi connectivity index (χ2v) is 5.59. The number of nitrogens with one attached hydrogen (secondary N) is 1. The van der Waals surface area contributed by atoms with Gasteiger partial charge in [-0.1, -0.05) is 11.6 Å². The summed E-state index contributed by atoms with van der Waals surface area (Å²) in [6, 6.07) is 8.89. The van der Waals surface area contributed by atoms with Gasteiger partial charge in [-0.2, -0.15) is 0 Å². The van der Waals surface area contributed by atoms with Crippen molar-refractivity contribution in [3.8, 4) is 5.75 Å². The number of nitro benzene ring substituents is 1. The Hall–Kier alpha value is -3.13. The van der Waals surface area contributed by atoms with E-state index >= 15 is 0 Å². The van der Waals surface area contributed by atoms with Crippen LogP contribution in [0.2, 0.25) is 5.02 Å². The van der Waals surface area contributed by atoms with Crippen molar-refractivity contribution in [1.82, 2.24) is 9.38 Å². The van der Waals surface area contributed by atoms with Crippen LogP contribution in [0.4, 0.5) is 11.4 Å². The number of aromatic nitrogens is 2. The number of non-ortho nitro benzene ring substituents is 1. The van der Waals surface area contributed by atoms with Crippen LogP contribution in [0.5, 0.6) is 5.75 Å². The smallest absolute Gasteiger partial charge is 0.271 e. The molecule has 2 aromatic heterocycles. The summed E-state index contributed by atoms with van der Waals surface area (Å²) in [6.07, 6.45) is 1.49. The highest BCUT2D eigenvalue weighted by Gasteiger charge is 2.12. The average molecular weight is 361 g/mol. The third kappa shape index (κ3) is 3.53. The molecule has 0 spiro atoms. The van der Waals surface area contributed by atoms with E-state index in [4.69, 9.17) is 16.3 Å². The minimum atomic E-state index is -0.491. The number of ether oxygens (including phenoxy) is 1. The predicted molar refractivity (Wildman–Crippen MR) is 93.4 cm³/mol. The Morgan fingerprint density at radius 3 is 2.84 bits per heavy atom. The minimum Gasteiger partial charge on any atom is -0.495 e. The number of nitrogens with zero attached hydrogens (tertiary/aromatic N) is 3. The van der Waals surface area contributed by atoms with Crippen LogP contribution in [0, 0.1) is 10.1 Å². The Morgan fingerprint density at radius 1 is 1.32 bits per heavy atom. The summed E-state index contributed by atoms with van der Waals surface area (Å²) < 4.78 is 6.54. The third-order valence-corrected chi connectivity index (χ3v) is 3.75. The second kappa shape index (κ2) is 6.78. The van der Waals surface area contributed by atoms with E-state index in [0.717, 1.165) is 0 Å². The van der Waals surface area contributed by atoms with Gasteiger partial charge >= 0.3 is 0 Å². The van der Waals surface area contributed by atoms with Gasteiger partial charge in [-0.3, -0.25) is 19.3 Å². The van der Waals surface area contributed by atoms with E-state index in [1.165, 1.54) is 42.0 Å². The quantitative estimate of drug-likeness (QED) is 0.555. The lowest BCUT2D eigenvalue weighted by Gasteiger charge is -2.11. The molecule has 3 aromatic rings. The fourth-order valence-electron chi connectivity index (χ4n) is 2.35. The van der Waals surface area contributed by atoms with E-state index in [-0.39, 0.29) is 17.8 Å². The maximum absolute atomic E-state index is 12.2. The molecule has 0 aliphatic carbocycles. The van der Waals surface area contributed by atoms with Gasteiger partial charge in [-0.15, -0.1) is 0 Å². The molecule has 0 amide bonds. The zero-order chi connectivity index (χ0) is 18.0. The molecule has 0 aliphatic rings. The molecule has 0 saturated carbocycles. The van der Waals surface area contributed by atoms with E-state index in [1.807, 2.05) is 0 Å². The van der Waals surface area contributed by atoms with Crippen LogP contribution in [0.25, 0.3) is 5.65 Å². The van der Waals surface area contributed by atoms with Crippen LogP contribution >= 0.6 is 11.6 Å². The molecule has 0 bridgehead atoms. The number of hydrogen-bond donors (Lipinski definition) is 1. The molecule has 8 nitrogen and oxygen atoms in total. The number of nitro groups is 1. The molecule has 128 valence electrons. The molecule has 0 aliphatic heterocycles. The number of halogens is 1. The Kier molecular flexibility index (Phi) is 4.53. The van der Waals surface area contributed by atoms with Crippen molar-refractivity contribution in [3.63, 3.8) is 0 Å². The van der Waals surface area contributed by atoms with Crippen molar-refractivity contribution >= 4 is 28.6 Å². The van der Waals surface area contributed by atoms with Gasteiger partial charge in [0.15, 0.2) is 0 Å². The molecule has 0 unspecified atom stereocenters. The standard InChI is InChI=1S/C16H13ClN4O4/c1-25-14-4-3-12(21(23)24)7-13(14)18-8-11-6-16(22)20-9-10(17)2-5-15(20)19-11/h2-7,9,18H,8H2,1H3. The first-order valence-electron chi connectivity index (χ1n) is 7.22. The Bertz CT molecular complexity index is 1020. The highest BCUT2D eigenvalue weighted by Crippen LogP contribution is 2.29. The number of fused-ring (bicyclic) bond motifs is 1. The van der Waals surface area contributed by atoms with Gasteiger partial charge in [0.2, 0.25) is 0 Å². The van der Waals surface area contributed by atoms with Crippen LogP contribution in [0.1, 0.15) is 5.69 Å². The normalized spacial score (nSPS) is 10.6. The Labute approximate surface area is 146 Å². The topological polar surface area (TPSA) is 98.8 Å². The van der Waals surface area contributed by atoms with Crippen LogP contribution in [0.15, 0.2) is 47.4 Å². The lowest BCUT2D eigenvalue weighted by Crippen LogP contribution is -2.16. The fourth-order valence-corrected chi connectivity index (χ4v) is 2.51. The SMILES string of the molecule is COc1ccc([N+](=O)[O-])cc1NCc1cc(=O)n2cc(Cl)ccc2n1. The molecule has 2 heterocycles. The van der Waals surface area contributed by atoms with Crippen LogP contribution in [-0.2, 0) is 6.54 Å². The molecule has 0 saturated heterocycles. The van der Waals surface area contributed by atoms with Gasteiger partial charge < -0.3 is 10.1 Å². The van der Waals surface area contributed by atoms with E-state index in [2.05, 4.69) is 10.3 Å². The summed E-state index contributed by atoms with van der Waals surface area (Å²) in [5.74, 6) is 0.454. The van der Waals surface area contributed by atoms with E-state index in [9.17, 15) is 14.9 Å². The number of pyridine rings is 1. The number of benzene rings is 1. The summed E-state index contributed by atoms with van der Waals surface area (Å²) in [5, 5.41) is 14.4. The van der Waals surface area contributed by atoms with Gasteiger partial charge in [0, 0.05) is 24.4 Å². The first-order valence-corrected chi connectivity index (χ1v) is 7.60. The number of anilines is 1. The van der Waals surface area contributed by atoms with Crippen molar-refractivity contribution in [2.75, 3.05) is 12.4 Å². The van der Waals surface area contributed by atoms with Crippen molar-refractivity contribution < 1.29 is 9.66 Å². The average Bonchev–Trinajstić information content (AvgIpc) is 2.60. The van der Waals surface area contributed by atoms with Gasteiger partial charge in [-0.05, 0) is 18.2 Å². The van der Waals surface area contributed by atoms with Gasteiger partial charge in [0.1, 0.15) is 11.4 Å². The minimum absolute atomic E-state index is 0.0653. The largest absolute Gasteiger partial charge is 0.495 e. The van der Waals surface area contributed by atoms with E-state index in [0.29, 0.717) is 27.8 Å². The lowest BCUT2D eigenvalue weighted by atomic mass is 10.2. The molecule has 25 heavy (non-hydrogen) atoms. The highest BCUT2D eigenvalue weighted by molar-refractivity contribution is 6.30. The number of hydrogen-bond acceptors (Lipinski definition) is 6. The maximum Gasteiger partial charge on any atom is 0.271 e. The molecule has 0 fully saturated rings. The lowest BCUT2D eigenvalue weighted by molar-refractivity contribution is -0.384. The summed E-state index contributed by atoms with van der Waals surface area (Å²) in [5.41, 5.74) is 1.05. The number of rotatable bonds is 5. The zero-order valence-corrected chi connectivity index (χ0v) is 13.9. The molecule has 1 aromatic carbocycles. The van der Waals surface area contributed by atoms with Crippen molar-refractivity contribution in [2.24, 2.45) is 0 Å². The predicted octanol–water partition coefficient (Wildman–Crippen LogP) is 2.88. The van der Waals surface area contributed by atoms with Crippen LogP contribution in [0.3, 0.4) is 0 Å². The van der Waals surface area contributed by atoms with Crippen LogP contribution < -0.4 is 15.6 Å². The monoisotopic (exact) mass is 360 g/mol. The van der Waals surface area contributed by atoms with Crippen LogP contribution in [-0.4, -0.2) is 21.4 Å². The third-order valence-electron chi connectivity index (χ3n) is 3.53. The zero-order valence-electron chi connectivity index (χ0n) is 13.1. The first kappa shape index (κ1) is 16.7. The molecular weight excluding hydrogens is 348 g/mol. The van der Waals surface area contributed by atoms with Crippen molar-refractivity contribution in [3.05, 3.63) is 73.8 Å². The van der Waals surface area contributed by atoms with Gasteiger partial charge in [0.25, 0.3) is 11.2 Å². The van der Waals surface area contributed by atoms with E-state index < -0.39 is 4.92 Å². The second-order valence-electron chi connectivity index (χ2n) is 5.16. The molecule has 1 N–H and O–H groups in total.